The molecule has 0 saturated heterocycles. The molecule has 0 atom stereocenters. The van der Waals surface area contributed by atoms with Crippen molar-refractivity contribution >= 4 is 0 Å². The van der Waals surface area contributed by atoms with E-state index in [0.29, 0.717) is 5.56 Å². The summed E-state index contributed by atoms with van der Waals surface area (Å²) in [4.78, 5) is 0. The summed E-state index contributed by atoms with van der Waals surface area (Å²) in [6.45, 7) is 0.151. The normalized spacial score (nSPS) is 10.6. The summed E-state index contributed by atoms with van der Waals surface area (Å²) >= 11 is 0. The summed E-state index contributed by atoms with van der Waals surface area (Å²) in [6.07, 6.45) is -1.79. The van der Waals surface area contributed by atoms with Crippen molar-refractivity contribution in [1.82, 2.24) is 0 Å². The van der Waals surface area contributed by atoms with Crippen LogP contribution in [0.4, 0.5) is 13.2 Å². The average molecular weight is 276 g/mol. The summed E-state index contributed by atoms with van der Waals surface area (Å²) in [5.41, 5.74) is 0.789. The molecule has 0 amide bonds. The SMILES string of the molecule is FC(F)(F)c1ccc(COC#Cc2ccccc2)cc1. The van der Waals surface area contributed by atoms with Crippen LogP contribution in [0.3, 0.4) is 0 Å². The fourth-order valence-electron chi connectivity index (χ4n) is 1.53. The van der Waals surface area contributed by atoms with Gasteiger partial charge in [-0.25, -0.2) is 0 Å². The molecule has 0 unspecified atom stereocenters. The van der Waals surface area contributed by atoms with Crippen LogP contribution in [0.2, 0.25) is 0 Å². The molecule has 2 rings (SSSR count). The van der Waals surface area contributed by atoms with Gasteiger partial charge >= 0.3 is 6.18 Å². The Bertz CT molecular complexity index is 604. The zero-order valence-electron chi connectivity index (χ0n) is 10.4. The van der Waals surface area contributed by atoms with Crippen LogP contribution in [0.5, 0.6) is 0 Å². The topological polar surface area (TPSA) is 9.23 Å². The Labute approximate surface area is 115 Å². The van der Waals surface area contributed by atoms with Gasteiger partial charge in [0, 0.05) is 5.56 Å². The maximum atomic E-state index is 12.4. The third-order valence-corrected chi connectivity index (χ3v) is 2.56. The third kappa shape index (κ3) is 4.06. The maximum absolute atomic E-state index is 12.4. The highest BCUT2D eigenvalue weighted by Crippen LogP contribution is 2.29. The summed E-state index contributed by atoms with van der Waals surface area (Å²) in [7, 11) is 0. The first-order chi connectivity index (χ1) is 9.55. The van der Waals surface area contributed by atoms with Crippen LogP contribution in [0.1, 0.15) is 16.7 Å². The quantitative estimate of drug-likeness (QED) is 0.746. The minimum Gasteiger partial charge on any atom is -0.441 e. The van der Waals surface area contributed by atoms with Gasteiger partial charge in [0.25, 0.3) is 0 Å². The van der Waals surface area contributed by atoms with Crippen molar-refractivity contribution in [3.63, 3.8) is 0 Å². The van der Waals surface area contributed by atoms with E-state index in [-0.39, 0.29) is 6.61 Å². The first kappa shape index (κ1) is 14.0. The van der Waals surface area contributed by atoms with E-state index in [1.54, 1.807) is 0 Å². The first-order valence-corrected chi connectivity index (χ1v) is 5.90. The van der Waals surface area contributed by atoms with Gasteiger partial charge < -0.3 is 4.74 Å². The molecule has 0 aromatic heterocycles. The molecule has 0 saturated carbocycles. The van der Waals surface area contributed by atoms with Gasteiger partial charge in [-0.1, -0.05) is 30.3 Å². The lowest BCUT2D eigenvalue weighted by molar-refractivity contribution is -0.137. The van der Waals surface area contributed by atoms with Crippen molar-refractivity contribution in [3.8, 4) is 12.0 Å². The molecular weight excluding hydrogens is 265 g/mol. The van der Waals surface area contributed by atoms with Crippen molar-refractivity contribution in [1.29, 1.82) is 0 Å². The van der Waals surface area contributed by atoms with Gasteiger partial charge in [-0.05, 0) is 35.7 Å². The van der Waals surface area contributed by atoms with Crippen molar-refractivity contribution < 1.29 is 17.9 Å². The monoisotopic (exact) mass is 276 g/mol. The van der Waals surface area contributed by atoms with Crippen LogP contribution >= 0.6 is 0 Å². The van der Waals surface area contributed by atoms with Gasteiger partial charge in [-0.2, -0.15) is 13.2 Å². The van der Waals surface area contributed by atoms with E-state index in [0.717, 1.165) is 17.7 Å². The molecule has 2 aromatic carbocycles. The highest BCUT2D eigenvalue weighted by molar-refractivity contribution is 5.32. The lowest BCUT2D eigenvalue weighted by Crippen LogP contribution is -2.04. The van der Waals surface area contributed by atoms with Crippen LogP contribution in [0, 0.1) is 12.0 Å². The second kappa shape index (κ2) is 6.16. The van der Waals surface area contributed by atoms with Crippen molar-refractivity contribution in [2.45, 2.75) is 12.8 Å². The van der Waals surface area contributed by atoms with E-state index >= 15 is 0 Å². The maximum Gasteiger partial charge on any atom is 0.416 e. The Morgan fingerprint density at radius 3 is 2.15 bits per heavy atom. The van der Waals surface area contributed by atoms with Gasteiger partial charge in [-0.3, -0.25) is 0 Å². The Kier molecular flexibility index (Phi) is 4.31. The standard InChI is InChI=1S/C16H11F3O/c17-16(18,19)15-8-6-14(7-9-15)12-20-11-10-13-4-2-1-3-5-13/h1-9H,12H2. The van der Waals surface area contributed by atoms with E-state index in [4.69, 9.17) is 4.74 Å². The fourth-order valence-corrected chi connectivity index (χ4v) is 1.53. The molecule has 0 aliphatic heterocycles. The fraction of sp³-hybridized carbons (Fsp3) is 0.125. The van der Waals surface area contributed by atoms with Gasteiger partial charge in [0.05, 0.1) is 5.56 Å². The molecule has 4 heteroatoms. The zero-order chi connectivity index (χ0) is 14.4. The first-order valence-electron chi connectivity index (χ1n) is 5.90. The molecule has 0 bridgehead atoms. The summed E-state index contributed by atoms with van der Waals surface area (Å²) in [6, 6.07) is 14.1. The smallest absolute Gasteiger partial charge is 0.416 e. The molecular formula is C16H11F3O. The van der Waals surface area contributed by atoms with Gasteiger partial charge in [0.2, 0.25) is 0 Å². The summed E-state index contributed by atoms with van der Waals surface area (Å²) in [5.74, 6) is 2.80. The number of ether oxygens (including phenoxy) is 1. The van der Waals surface area contributed by atoms with Crippen molar-refractivity contribution in [3.05, 3.63) is 71.3 Å². The minimum atomic E-state index is -4.31. The Morgan fingerprint density at radius 2 is 1.55 bits per heavy atom. The molecule has 2 aromatic rings. The van der Waals surface area contributed by atoms with Gasteiger partial charge in [0.15, 0.2) is 0 Å². The lowest BCUT2D eigenvalue weighted by Gasteiger charge is -2.06. The highest BCUT2D eigenvalue weighted by atomic mass is 19.4. The van der Waals surface area contributed by atoms with Crippen molar-refractivity contribution in [2.24, 2.45) is 0 Å². The third-order valence-electron chi connectivity index (χ3n) is 2.56. The second-order valence-electron chi connectivity index (χ2n) is 4.08. The lowest BCUT2D eigenvalue weighted by atomic mass is 10.1. The number of benzene rings is 2. The molecule has 20 heavy (non-hydrogen) atoms. The van der Waals surface area contributed by atoms with E-state index in [2.05, 4.69) is 12.0 Å². The Hall–Kier alpha value is -2.41. The minimum absolute atomic E-state index is 0.151. The molecule has 0 N–H and O–H groups in total. The van der Waals surface area contributed by atoms with Crippen LogP contribution < -0.4 is 0 Å². The molecule has 0 aliphatic rings. The zero-order valence-corrected chi connectivity index (χ0v) is 10.4. The number of halogens is 3. The van der Waals surface area contributed by atoms with E-state index in [1.807, 2.05) is 30.3 Å². The predicted molar refractivity (Wildman–Crippen MR) is 69.6 cm³/mol. The highest BCUT2D eigenvalue weighted by Gasteiger charge is 2.29. The number of rotatable bonds is 2. The van der Waals surface area contributed by atoms with Crippen LogP contribution in [0.15, 0.2) is 54.6 Å². The molecule has 1 nitrogen and oxygen atoms in total. The number of hydrogen-bond acceptors (Lipinski definition) is 1. The average Bonchev–Trinajstić information content (AvgIpc) is 2.44. The number of hydrogen-bond donors (Lipinski definition) is 0. The largest absolute Gasteiger partial charge is 0.441 e. The van der Waals surface area contributed by atoms with Crippen LogP contribution in [-0.2, 0) is 17.5 Å². The Morgan fingerprint density at radius 1 is 0.900 bits per heavy atom. The van der Waals surface area contributed by atoms with Gasteiger partial charge in [-0.15, -0.1) is 0 Å². The number of alkyl halides is 3. The molecule has 0 aliphatic carbocycles. The van der Waals surface area contributed by atoms with E-state index in [9.17, 15) is 13.2 Å². The van der Waals surface area contributed by atoms with Crippen LogP contribution in [0.25, 0.3) is 0 Å². The van der Waals surface area contributed by atoms with E-state index in [1.165, 1.54) is 12.1 Å². The van der Waals surface area contributed by atoms with Crippen LogP contribution in [-0.4, -0.2) is 0 Å². The molecule has 102 valence electrons. The Balaban J connectivity index is 1.91. The molecule has 0 heterocycles. The van der Waals surface area contributed by atoms with Gasteiger partial charge in [0.1, 0.15) is 12.7 Å². The summed E-state index contributed by atoms with van der Waals surface area (Å²) in [5, 5.41) is 0. The van der Waals surface area contributed by atoms with Crippen molar-refractivity contribution in [2.75, 3.05) is 0 Å². The molecule has 0 fully saturated rings. The summed E-state index contributed by atoms with van der Waals surface area (Å²) < 4.78 is 42.2. The predicted octanol–water partition coefficient (Wildman–Crippen LogP) is 4.23. The second-order valence-corrected chi connectivity index (χ2v) is 4.08. The van der Waals surface area contributed by atoms with E-state index < -0.39 is 11.7 Å². The molecule has 0 radical (unpaired) electrons. The molecule has 0 spiro atoms.